The Labute approximate surface area is 112 Å². The lowest BCUT2D eigenvalue weighted by Crippen LogP contribution is -2.44. The summed E-state index contributed by atoms with van der Waals surface area (Å²) >= 11 is 0. The first-order valence-electron chi connectivity index (χ1n) is 5.69. The molecular formula is C12H13F3N2O3. The van der Waals surface area contributed by atoms with E-state index >= 15 is 0 Å². The number of carboxylic acids is 1. The maximum atomic E-state index is 12.5. The number of aromatic nitrogens is 1. The summed E-state index contributed by atoms with van der Waals surface area (Å²) in [6.45, 7) is 3.15. The third kappa shape index (κ3) is 3.94. The summed E-state index contributed by atoms with van der Waals surface area (Å²) in [4.78, 5) is 26.0. The molecule has 2 N–H and O–H groups in total. The summed E-state index contributed by atoms with van der Waals surface area (Å²) in [6.07, 6.45) is -3.08. The van der Waals surface area contributed by atoms with Gasteiger partial charge in [-0.05, 0) is 12.0 Å². The maximum Gasteiger partial charge on any atom is 0.417 e. The largest absolute Gasteiger partial charge is 0.480 e. The average molecular weight is 290 g/mol. The molecule has 1 heterocycles. The number of halogens is 3. The summed E-state index contributed by atoms with van der Waals surface area (Å²) in [5.41, 5.74) is -1.41. The number of carbonyl (C=O) groups is 2. The van der Waals surface area contributed by atoms with Gasteiger partial charge in [-0.2, -0.15) is 13.2 Å². The van der Waals surface area contributed by atoms with Gasteiger partial charge in [0.15, 0.2) is 0 Å². The van der Waals surface area contributed by atoms with E-state index in [1.54, 1.807) is 13.8 Å². The Hall–Kier alpha value is -2.12. The van der Waals surface area contributed by atoms with Crippen LogP contribution in [0.3, 0.4) is 0 Å². The molecule has 0 radical (unpaired) electrons. The second kappa shape index (κ2) is 5.89. The Morgan fingerprint density at radius 2 is 1.90 bits per heavy atom. The minimum Gasteiger partial charge on any atom is -0.480 e. The second-order valence-electron chi connectivity index (χ2n) is 4.49. The molecule has 8 heteroatoms. The number of alkyl halides is 3. The van der Waals surface area contributed by atoms with Crippen molar-refractivity contribution in [1.82, 2.24) is 10.3 Å². The van der Waals surface area contributed by atoms with Gasteiger partial charge in [-0.15, -0.1) is 0 Å². The van der Waals surface area contributed by atoms with E-state index < -0.39 is 35.6 Å². The lowest BCUT2D eigenvalue weighted by Gasteiger charge is -2.18. The van der Waals surface area contributed by atoms with E-state index in [-0.39, 0.29) is 5.56 Å². The molecule has 1 aromatic heterocycles. The van der Waals surface area contributed by atoms with Crippen LogP contribution in [0, 0.1) is 5.92 Å². The first kappa shape index (κ1) is 15.9. The minimum atomic E-state index is -4.62. The number of hydrogen-bond donors (Lipinski definition) is 2. The highest BCUT2D eigenvalue weighted by molar-refractivity contribution is 5.96. The number of hydrogen-bond acceptors (Lipinski definition) is 3. The van der Waals surface area contributed by atoms with Crippen LogP contribution in [0.25, 0.3) is 0 Å². The van der Waals surface area contributed by atoms with Gasteiger partial charge >= 0.3 is 12.1 Å². The van der Waals surface area contributed by atoms with E-state index in [1.807, 2.05) is 0 Å². The molecule has 110 valence electrons. The van der Waals surface area contributed by atoms with Crippen LogP contribution in [0.5, 0.6) is 0 Å². The molecule has 0 aliphatic carbocycles. The van der Waals surface area contributed by atoms with Crippen LogP contribution in [-0.4, -0.2) is 28.0 Å². The van der Waals surface area contributed by atoms with Crippen LogP contribution < -0.4 is 5.32 Å². The monoisotopic (exact) mass is 290 g/mol. The summed E-state index contributed by atoms with van der Waals surface area (Å²) in [7, 11) is 0. The van der Waals surface area contributed by atoms with Crippen LogP contribution in [-0.2, 0) is 11.0 Å². The molecular weight excluding hydrogens is 277 g/mol. The van der Waals surface area contributed by atoms with Crippen LogP contribution in [0.15, 0.2) is 18.5 Å². The predicted molar refractivity (Wildman–Crippen MR) is 63.0 cm³/mol. The Morgan fingerprint density at radius 1 is 1.30 bits per heavy atom. The van der Waals surface area contributed by atoms with Gasteiger partial charge in [0.2, 0.25) is 0 Å². The minimum absolute atomic E-state index is 0.341. The van der Waals surface area contributed by atoms with E-state index in [2.05, 4.69) is 10.3 Å². The number of rotatable bonds is 4. The van der Waals surface area contributed by atoms with E-state index in [0.717, 1.165) is 6.20 Å². The molecule has 5 nitrogen and oxygen atoms in total. The van der Waals surface area contributed by atoms with Crippen molar-refractivity contribution in [3.63, 3.8) is 0 Å². The summed E-state index contributed by atoms with van der Waals surface area (Å²) in [5, 5.41) is 11.1. The van der Waals surface area contributed by atoms with E-state index in [9.17, 15) is 22.8 Å². The van der Waals surface area contributed by atoms with Gasteiger partial charge in [0.1, 0.15) is 6.04 Å². The molecule has 0 unspecified atom stereocenters. The fraction of sp³-hybridized carbons (Fsp3) is 0.417. The van der Waals surface area contributed by atoms with Gasteiger partial charge in [0.05, 0.1) is 11.1 Å². The Kier molecular flexibility index (Phi) is 4.69. The highest BCUT2D eigenvalue weighted by Crippen LogP contribution is 2.28. The zero-order valence-corrected chi connectivity index (χ0v) is 10.7. The molecule has 0 spiro atoms. The summed E-state index contributed by atoms with van der Waals surface area (Å²) in [6, 6.07) is -0.557. The number of nitrogens with zero attached hydrogens (tertiary/aromatic N) is 1. The molecule has 0 saturated heterocycles. The standard InChI is InChI=1S/C12H13F3N2O3/c1-6(2)9(11(19)20)17-10(18)7-3-8(5-16-4-7)12(13,14)15/h3-6,9H,1-2H3,(H,17,18)(H,19,20)/t9-/m1/s1. The van der Waals surface area contributed by atoms with Gasteiger partial charge in [-0.3, -0.25) is 9.78 Å². The molecule has 0 fully saturated rings. The molecule has 1 atom stereocenters. The molecule has 0 aliphatic heterocycles. The van der Waals surface area contributed by atoms with Crippen molar-refractivity contribution in [2.45, 2.75) is 26.1 Å². The number of nitrogens with one attached hydrogen (secondary N) is 1. The number of carboxylic acid groups (broad SMARTS) is 1. The molecule has 1 rings (SSSR count). The Balaban J connectivity index is 2.96. The van der Waals surface area contributed by atoms with Crippen molar-refractivity contribution < 1.29 is 27.9 Å². The first-order chi connectivity index (χ1) is 9.12. The summed E-state index contributed by atoms with van der Waals surface area (Å²) in [5.74, 6) is -2.58. The van der Waals surface area contributed by atoms with Gasteiger partial charge in [-0.25, -0.2) is 4.79 Å². The zero-order valence-electron chi connectivity index (χ0n) is 10.7. The topological polar surface area (TPSA) is 79.3 Å². The maximum absolute atomic E-state index is 12.5. The molecule has 0 saturated carbocycles. The molecule has 0 bridgehead atoms. The first-order valence-corrected chi connectivity index (χ1v) is 5.69. The fourth-order valence-electron chi connectivity index (χ4n) is 1.46. The lowest BCUT2D eigenvalue weighted by atomic mass is 10.0. The second-order valence-corrected chi connectivity index (χ2v) is 4.49. The van der Waals surface area contributed by atoms with Crippen molar-refractivity contribution in [2.75, 3.05) is 0 Å². The quantitative estimate of drug-likeness (QED) is 0.888. The predicted octanol–water partition coefficient (Wildman–Crippen LogP) is 1.94. The highest BCUT2D eigenvalue weighted by atomic mass is 19.4. The summed E-state index contributed by atoms with van der Waals surface area (Å²) < 4.78 is 37.5. The van der Waals surface area contributed by atoms with E-state index in [1.165, 1.54) is 0 Å². The third-order valence-electron chi connectivity index (χ3n) is 2.55. The fourth-order valence-corrected chi connectivity index (χ4v) is 1.46. The smallest absolute Gasteiger partial charge is 0.417 e. The van der Waals surface area contributed by atoms with Gasteiger partial charge < -0.3 is 10.4 Å². The van der Waals surface area contributed by atoms with Crippen LogP contribution in [0.4, 0.5) is 13.2 Å². The Morgan fingerprint density at radius 3 is 2.35 bits per heavy atom. The van der Waals surface area contributed by atoms with Crippen molar-refractivity contribution in [3.8, 4) is 0 Å². The SMILES string of the molecule is CC(C)[C@@H](NC(=O)c1cncc(C(F)(F)F)c1)C(=O)O. The van der Waals surface area contributed by atoms with E-state index in [0.29, 0.717) is 12.3 Å². The highest BCUT2D eigenvalue weighted by Gasteiger charge is 2.32. The molecule has 1 aromatic rings. The lowest BCUT2D eigenvalue weighted by molar-refractivity contribution is -0.140. The average Bonchev–Trinajstić information content (AvgIpc) is 2.34. The van der Waals surface area contributed by atoms with Crippen LogP contribution in [0.1, 0.15) is 29.8 Å². The number of pyridine rings is 1. The Bertz CT molecular complexity index is 515. The van der Waals surface area contributed by atoms with E-state index in [4.69, 9.17) is 5.11 Å². The van der Waals surface area contributed by atoms with Crippen molar-refractivity contribution in [3.05, 3.63) is 29.6 Å². The number of amides is 1. The van der Waals surface area contributed by atoms with Crippen molar-refractivity contribution in [2.24, 2.45) is 5.92 Å². The molecule has 20 heavy (non-hydrogen) atoms. The third-order valence-corrected chi connectivity index (χ3v) is 2.55. The molecule has 1 amide bonds. The number of aliphatic carboxylic acids is 1. The van der Waals surface area contributed by atoms with Crippen molar-refractivity contribution in [1.29, 1.82) is 0 Å². The zero-order chi connectivity index (χ0) is 15.5. The van der Waals surface area contributed by atoms with Gasteiger partial charge in [0, 0.05) is 12.4 Å². The van der Waals surface area contributed by atoms with Crippen LogP contribution >= 0.6 is 0 Å². The van der Waals surface area contributed by atoms with Gasteiger partial charge in [-0.1, -0.05) is 13.8 Å². The van der Waals surface area contributed by atoms with Crippen LogP contribution in [0.2, 0.25) is 0 Å². The number of carbonyl (C=O) groups excluding carboxylic acids is 1. The van der Waals surface area contributed by atoms with Gasteiger partial charge in [0.25, 0.3) is 5.91 Å². The molecule has 0 aromatic carbocycles. The van der Waals surface area contributed by atoms with Crippen molar-refractivity contribution >= 4 is 11.9 Å². The normalized spacial score (nSPS) is 13.1. The molecule has 0 aliphatic rings.